The highest BCUT2D eigenvalue weighted by atomic mass is 32.2. The SMILES string of the molecule is CN=C(NCCCSC)N(C)Cc1ccc(OC(F)F)cc1. The minimum absolute atomic E-state index is 0.168. The molecule has 0 aromatic heterocycles. The maximum atomic E-state index is 12.1. The Bertz CT molecular complexity index is 455. The molecule has 0 bridgehead atoms. The second-order valence-electron chi connectivity index (χ2n) is 4.70. The molecule has 0 amide bonds. The van der Waals surface area contributed by atoms with Crippen LogP contribution in [0.25, 0.3) is 0 Å². The van der Waals surface area contributed by atoms with Crippen LogP contribution in [0.15, 0.2) is 29.3 Å². The predicted molar refractivity (Wildman–Crippen MR) is 88.9 cm³/mol. The van der Waals surface area contributed by atoms with Crippen LogP contribution in [0.1, 0.15) is 12.0 Å². The molecule has 0 saturated carbocycles. The number of nitrogens with zero attached hydrogens (tertiary/aromatic N) is 2. The third-order valence-electron chi connectivity index (χ3n) is 2.95. The summed E-state index contributed by atoms with van der Waals surface area (Å²) in [6, 6.07) is 6.64. The Balaban J connectivity index is 2.49. The number of hydrogen-bond acceptors (Lipinski definition) is 3. The minimum Gasteiger partial charge on any atom is -0.435 e. The standard InChI is InChI=1S/C15H23F2N3OS/c1-18-15(19-9-4-10-22-3)20(2)11-12-5-7-13(8-6-12)21-14(16)17/h5-8,14H,4,9-11H2,1-3H3,(H,18,19). The van der Waals surface area contributed by atoms with Gasteiger partial charge in [-0.25, -0.2) is 0 Å². The lowest BCUT2D eigenvalue weighted by Crippen LogP contribution is -2.39. The van der Waals surface area contributed by atoms with Gasteiger partial charge in [0.25, 0.3) is 0 Å². The Kier molecular flexibility index (Phi) is 8.65. The average molecular weight is 331 g/mol. The number of thioether (sulfide) groups is 1. The zero-order valence-electron chi connectivity index (χ0n) is 13.2. The van der Waals surface area contributed by atoms with Crippen molar-refractivity contribution in [3.05, 3.63) is 29.8 Å². The van der Waals surface area contributed by atoms with E-state index in [1.165, 1.54) is 0 Å². The van der Waals surface area contributed by atoms with Crippen LogP contribution in [0, 0.1) is 0 Å². The molecule has 1 rings (SSSR count). The monoisotopic (exact) mass is 331 g/mol. The first-order valence-electron chi connectivity index (χ1n) is 7.01. The van der Waals surface area contributed by atoms with Crippen molar-refractivity contribution in [2.24, 2.45) is 4.99 Å². The molecule has 22 heavy (non-hydrogen) atoms. The third kappa shape index (κ3) is 6.98. The van der Waals surface area contributed by atoms with Gasteiger partial charge in [0.05, 0.1) is 0 Å². The van der Waals surface area contributed by atoms with Crippen LogP contribution >= 0.6 is 11.8 Å². The first kappa shape index (κ1) is 18.5. The Hall–Kier alpha value is -1.50. The van der Waals surface area contributed by atoms with Gasteiger partial charge in [0, 0.05) is 27.2 Å². The summed E-state index contributed by atoms with van der Waals surface area (Å²) in [6.45, 7) is -1.28. The lowest BCUT2D eigenvalue weighted by Gasteiger charge is -2.22. The van der Waals surface area contributed by atoms with Crippen molar-refractivity contribution in [1.29, 1.82) is 0 Å². The molecular weight excluding hydrogens is 308 g/mol. The van der Waals surface area contributed by atoms with E-state index in [-0.39, 0.29) is 5.75 Å². The molecule has 0 aliphatic rings. The average Bonchev–Trinajstić information content (AvgIpc) is 2.49. The maximum Gasteiger partial charge on any atom is 0.387 e. The molecule has 7 heteroatoms. The van der Waals surface area contributed by atoms with Crippen LogP contribution in [0.3, 0.4) is 0 Å². The number of ether oxygens (including phenoxy) is 1. The summed E-state index contributed by atoms with van der Waals surface area (Å²) >= 11 is 1.82. The smallest absolute Gasteiger partial charge is 0.387 e. The molecule has 0 aliphatic carbocycles. The Morgan fingerprint density at radius 2 is 2.05 bits per heavy atom. The van der Waals surface area contributed by atoms with E-state index in [1.54, 1.807) is 31.3 Å². The fourth-order valence-electron chi connectivity index (χ4n) is 1.93. The fourth-order valence-corrected chi connectivity index (χ4v) is 2.36. The molecule has 124 valence electrons. The summed E-state index contributed by atoms with van der Waals surface area (Å²) < 4.78 is 28.5. The third-order valence-corrected chi connectivity index (χ3v) is 3.65. The normalized spacial score (nSPS) is 11.6. The summed E-state index contributed by atoms with van der Waals surface area (Å²) in [6.07, 6.45) is 3.16. The fraction of sp³-hybridized carbons (Fsp3) is 0.533. The van der Waals surface area contributed by atoms with E-state index >= 15 is 0 Å². The number of benzene rings is 1. The molecule has 0 saturated heterocycles. The quantitative estimate of drug-likeness (QED) is 0.451. The Morgan fingerprint density at radius 1 is 1.36 bits per heavy atom. The number of nitrogens with one attached hydrogen (secondary N) is 1. The van der Waals surface area contributed by atoms with Crippen molar-refractivity contribution in [3.8, 4) is 5.75 Å². The molecule has 0 unspecified atom stereocenters. The number of halogens is 2. The number of alkyl halides is 2. The van der Waals surface area contributed by atoms with Gasteiger partial charge in [0.2, 0.25) is 0 Å². The van der Waals surface area contributed by atoms with E-state index in [9.17, 15) is 8.78 Å². The highest BCUT2D eigenvalue weighted by molar-refractivity contribution is 7.98. The molecule has 0 aliphatic heterocycles. The van der Waals surface area contributed by atoms with Crippen LogP contribution in [0.4, 0.5) is 8.78 Å². The number of hydrogen-bond donors (Lipinski definition) is 1. The molecule has 0 atom stereocenters. The van der Waals surface area contributed by atoms with E-state index < -0.39 is 6.61 Å². The van der Waals surface area contributed by atoms with Gasteiger partial charge < -0.3 is 15.0 Å². The minimum atomic E-state index is -2.79. The molecular formula is C15H23F2N3OS. The number of aliphatic imine (C=N–C) groups is 1. The second-order valence-corrected chi connectivity index (χ2v) is 5.68. The van der Waals surface area contributed by atoms with Crippen LogP contribution in [-0.2, 0) is 6.54 Å². The molecule has 0 spiro atoms. The van der Waals surface area contributed by atoms with Gasteiger partial charge in [-0.05, 0) is 36.1 Å². The number of guanidine groups is 1. The summed E-state index contributed by atoms with van der Waals surface area (Å²) in [7, 11) is 3.68. The van der Waals surface area contributed by atoms with Gasteiger partial charge in [-0.15, -0.1) is 0 Å². The van der Waals surface area contributed by atoms with Crippen molar-refractivity contribution in [2.45, 2.75) is 19.6 Å². The molecule has 1 aromatic carbocycles. The first-order chi connectivity index (χ1) is 10.6. The van der Waals surface area contributed by atoms with E-state index in [0.29, 0.717) is 6.54 Å². The maximum absolute atomic E-state index is 12.1. The van der Waals surface area contributed by atoms with E-state index in [2.05, 4.69) is 21.3 Å². The molecule has 4 nitrogen and oxygen atoms in total. The number of rotatable bonds is 8. The summed E-state index contributed by atoms with van der Waals surface area (Å²) in [5, 5.41) is 3.30. The van der Waals surface area contributed by atoms with Gasteiger partial charge in [-0.2, -0.15) is 20.5 Å². The van der Waals surface area contributed by atoms with Gasteiger partial charge in [-0.3, -0.25) is 4.99 Å². The Labute approximate surface area is 134 Å². The van der Waals surface area contributed by atoms with E-state index in [4.69, 9.17) is 0 Å². The first-order valence-corrected chi connectivity index (χ1v) is 8.40. The van der Waals surface area contributed by atoms with Crippen LogP contribution < -0.4 is 10.1 Å². The van der Waals surface area contributed by atoms with Gasteiger partial charge >= 0.3 is 6.61 Å². The van der Waals surface area contributed by atoms with Crippen LogP contribution in [-0.4, -0.2) is 50.1 Å². The topological polar surface area (TPSA) is 36.9 Å². The van der Waals surface area contributed by atoms with Crippen molar-refractivity contribution in [3.63, 3.8) is 0 Å². The van der Waals surface area contributed by atoms with E-state index in [1.807, 2.05) is 23.7 Å². The molecule has 0 radical (unpaired) electrons. The van der Waals surface area contributed by atoms with Crippen molar-refractivity contribution in [2.75, 3.05) is 32.6 Å². The van der Waals surface area contributed by atoms with Crippen molar-refractivity contribution < 1.29 is 13.5 Å². The summed E-state index contributed by atoms with van der Waals surface area (Å²) in [4.78, 5) is 6.23. The van der Waals surface area contributed by atoms with E-state index in [0.717, 1.165) is 30.2 Å². The zero-order valence-corrected chi connectivity index (χ0v) is 14.0. The molecule has 1 N–H and O–H groups in total. The van der Waals surface area contributed by atoms with Crippen LogP contribution in [0.2, 0.25) is 0 Å². The predicted octanol–water partition coefficient (Wildman–Crippen LogP) is 3.05. The Morgan fingerprint density at radius 3 is 2.59 bits per heavy atom. The highest BCUT2D eigenvalue weighted by Crippen LogP contribution is 2.15. The lowest BCUT2D eigenvalue weighted by molar-refractivity contribution is -0.0498. The molecule has 0 heterocycles. The van der Waals surface area contributed by atoms with Crippen LogP contribution in [0.5, 0.6) is 5.75 Å². The largest absolute Gasteiger partial charge is 0.435 e. The zero-order chi connectivity index (χ0) is 16.4. The van der Waals surface area contributed by atoms with Gasteiger partial charge in [-0.1, -0.05) is 12.1 Å². The van der Waals surface area contributed by atoms with Crippen molar-refractivity contribution >= 4 is 17.7 Å². The van der Waals surface area contributed by atoms with Crippen molar-refractivity contribution in [1.82, 2.24) is 10.2 Å². The molecule has 0 fully saturated rings. The summed E-state index contributed by atoms with van der Waals surface area (Å²) in [5.41, 5.74) is 0.996. The second kappa shape index (κ2) is 10.3. The van der Waals surface area contributed by atoms with Gasteiger partial charge in [0.15, 0.2) is 5.96 Å². The summed E-state index contributed by atoms with van der Waals surface area (Å²) in [5.74, 6) is 2.09. The highest BCUT2D eigenvalue weighted by Gasteiger charge is 2.07. The van der Waals surface area contributed by atoms with Gasteiger partial charge in [0.1, 0.15) is 5.75 Å². The lowest BCUT2D eigenvalue weighted by atomic mass is 10.2. The molecule has 1 aromatic rings.